The first kappa shape index (κ1) is 16.6. The van der Waals surface area contributed by atoms with Crippen LogP contribution in [0.5, 0.6) is 0 Å². The van der Waals surface area contributed by atoms with Crippen LogP contribution in [0.25, 0.3) is 11.3 Å². The molecular weight excluding hydrogens is 300 g/mol. The maximum Gasteiger partial charge on any atom is 0.348 e. The summed E-state index contributed by atoms with van der Waals surface area (Å²) in [6.07, 6.45) is 0.674. The third kappa shape index (κ3) is 4.13. The van der Waals surface area contributed by atoms with Crippen LogP contribution in [0.2, 0.25) is 0 Å². The highest BCUT2D eigenvalue weighted by Crippen LogP contribution is 2.29. The van der Waals surface area contributed by atoms with Gasteiger partial charge in [-0.2, -0.15) is 0 Å². The van der Waals surface area contributed by atoms with Gasteiger partial charge in [0, 0.05) is 25.1 Å². The van der Waals surface area contributed by atoms with Crippen molar-refractivity contribution in [3.8, 4) is 11.3 Å². The van der Waals surface area contributed by atoms with Crippen LogP contribution >= 0.6 is 11.3 Å². The first-order chi connectivity index (χ1) is 10.5. The summed E-state index contributed by atoms with van der Waals surface area (Å²) in [5, 5.41) is 19.1. The summed E-state index contributed by atoms with van der Waals surface area (Å²) in [6, 6.07) is 7.71. The average Bonchev–Trinajstić information content (AvgIpc) is 2.90. The number of nitrogens with zero attached hydrogens (tertiary/aromatic N) is 2. The summed E-state index contributed by atoms with van der Waals surface area (Å²) >= 11 is 1.23. The lowest BCUT2D eigenvalue weighted by molar-refractivity contribution is 0.0702. The SMILES string of the molecule is Cc1cccc(-c2nc(CCN(C)CCO)sc2C(=O)O)c1. The standard InChI is InChI=1S/C16H20N2O3S/c1-11-4-3-5-12(10-11)14-15(16(20)21)22-13(17-14)6-7-18(2)8-9-19/h3-5,10,19H,6-9H2,1-2H3,(H,20,21). The number of carboxylic acid groups (broad SMARTS) is 1. The normalized spacial score (nSPS) is 11.1. The number of rotatable bonds is 7. The lowest BCUT2D eigenvalue weighted by atomic mass is 10.1. The quantitative estimate of drug-likeness (QED) is 0.819. The van der Waals surface area contributed by atoms with E-state index in [-0.39, 0.29) is 11.5 Å². The maximum absolute atomic E-state index is 11.5. The molecular formula is C16H20N2O3S. The second kappa shape index (κ2) is 7.49. The molecule has 0 aliphatic rings. The minimum atomic E-state index is -0.941. The first-order valence-corrected chi connectivity index (χ1v) is 7.92. The average molecular weight is 320 g/mol. The molecule has 0 bridgehead atoms. The van der Waals surface area contributed by atoms with Crippen LogP contribution in [0.4, 0.5) is 0 Å². The van der Waals surface area contributed by atoms with Crippen molar-refractivity contribution in [2.24, 2.45) is 0 Å². The molecule has 0 aliphatic heterocycles. The van der Waals surface area contributed by atoms with E-state index in [9.17, 15) is 9.90 Å². The smallest absolute Gasteiger partial charge is 0.348 e. The minimum Gasteiger partial charge on any atom is -0.477 e. The molecule has 118 valence electrons. The molecule has 0 atom stereocenters. The molecule has 0 saturated carbocycles. The predicted octanol–water partition coefficient (Wildman–Crippen LogP) is 2.28. The lowest BCUT2D eigenvalue weighted by Gasteiger charge is -2.13. The van der Waals surface area contributed by atoms with Crippen molar-refractivity contribution in [1.82, 2.24) is 9.88 Å². The molecule has 0 radical (unpaired) electrons. The number of thiazole rings is 1. The molecule has 5 nitrogen and oxygen atoms in total. The Morgan fingerprint density at radius 1 is 1.36 bits per heavy atom. The molecule has 0 saturated heterocycles. The number of hydrogen-bond donors (Lipinski definition) is 2. The number of carbonyl (C=O) groups is 1. The van der Waals surface area contributed by atoms with E-state index in [1.165, 1.54) is 11.3 Å². The molecule has 0 aliphatic carbocycles. The van der Waals surface area contributed by atoms with E-state index in [2.05, 4.69) is 4.98 Å². The molecule has 2 rings (SSSR count). The van der Waals surface area contributed by atoms with Crippen molar-refractivity contribution in [2.45, 2.75) is 13.3 Å². The van der Waals surface area contributed by atoms with Gasteiger partial charge in [-0.3, -0.25) is 0 Å². The second-order valence-electron chi connectivity index (χ2n) is 5.24. The Balaban J connectivity index is 2.24. The van der Waals surface area contributed by atoms with E-state index < -0.39 is 5.97 Å². The zero-order valence-corrected chi connectivity index (χ0v) is 13.6. The molecule has 1 aromatic heterocycles. The highest BCUT2D eigenvalue weighted by atomic mass is 32.1. The Labute approximate surface area is 133 Å². The zero-order chi connectivity index (χ0) is 16.1. The molecule has 0 spiro atoms. The van der Waals surface area contributed by atoms with Crippen molar-refractivity contribution >= 4 is 17.3 Å². The number of aromatic nitrogens is 1. The van der Waals surface area contributed by atoms with Gasteiger partial charge in [0.25, 0.3) is 0 Å². The third-order valence-corrected chi connectivity index (χ3v) is 4.45. The fourth-order valence-electron chi connectivity index (χ4n) is 2.17. The number of aliphatic hydroxyl groups excluding tert-OH is 1. The van der Waals surface area contributed by atoms with E-state index in [0.29, 0.717) is 18.7 Å². The fraction of sp³-hybridized carbons (Fsp3) is 0.375. The van der Waals surface area contributed by atoms with Gasteiger partial charge < -0.3 is 15.1 Å². The van der Waals surface area contributed by atoms with Crippen molar-refractivity contribution in [2.75, 3.05) is 26.7 Å². The highest BCUT2D eigenvalue weighted by molar-refractivity contribution is 7.14. The van der Waals surface area contributed by atoms with Crippen LogP contribution in [-0.4, -0.2) is 52.8 Å². The van der Waals surface area contributed by atoms with E-state index >= 15 is 0 Å². The summed E-state index contributed by atoms with van der Waals surface area (Å²) in [6.45, 7) is 3.42. The summed E-state index contributed by atoms with van der Waals surface area (Å²) in [7, 11) is 1.92. The van der Waals surface area contributed by atoms with E-state index in [1.807, 2.05) is 43.1 Å². The number of likely N-dealkylation sites (N-methyl/N-ethyl adjacent to an activating group) is 1. The van der Waals surface area contributed by atoms with Crippen LogP contribution in [-0.2, 0) is 6.42 Å². The van der Waals surface area contributed by atoms with Crippen LogP contribution < -0.4 is 0 Å². The third-order valence-electron chi connectivity index (χ3n) is 3.35. The zero-order valence-electron chi connectivity index (χ0n) is 12.7. The van der Waals surface area contributed by atoms with E-state index in [1.54, 1.807) is 0 Å². The number of carboxylic acids is 1. The Bertz CT molecular complexity index is 655. The number of aliphatic hydroxyl groups is 1. The van der Waals surface area contributed by atoms with Gasteiger partial charge in [0.2, 0.25) is 0 Å². The van der Waals surface area contributed by atoms with Crippen molar-refractivity contribution in [3.05, 3.63) is 39.7 Å². The molecule has 6 heteroatoms. The summed E-state index contributed by atoms with van der Waals surface area (Å²) in [4.78, 5) is 18.3. The summed E-state index contributed by atoms with van der Waals surface area (Å²) in [5.41, 5.74) is 2.45. The number of hydrogen-bond acceptors (Lipinski definition) is 5. The Hall–Kier alpha value is -1.76. The lowest BCUT2D eigenvalue weighted by Crippen LogP contribution is -2.24. The van der Waals surface area contributed by atoms with Crippen molar-refractivity contribution < 1.29 is 15.0 Å². The number of benzene rings is 1. The monoisotopic (exact) mass is 320 g/mol. The molecule has 1 aromatic carbocycles. The van der Waals surface area contributed by atoms with Gasteiger partial charge in [-0.15, -0.1) is 11.3 Å². The Kier molecular flexibility index (Phi) is 5.65. The van der Waals surface area contributed by atoms with E-state index in [4.69, 9.17) is 5.11 Å². The fourth-order valence-corrected chi connectivity index (χ4v) is 3.09. The summed E-state index contributed by atoms with van der Waals surface area (Å²) in [5.74, 6) is -0.941. The Morgan fingerprint density at radius 3 is 2.77 bits per heavy atom. The van der Waals surface area contributed by atoms with Crippen molar-refractivity contribution in [3.63, 3.8) is 0 Å². The molecule has 2 N–H and O–H groups in total. The van der Waals surface area contributed by atoms with Gasteiger partial charge in [-0.1, -0.05) is 23.8 Å². The second-order valence-corrected chi connectivity index (χ2v) is 6.32. The number of aryl methyl sites for hydroxylation is 1. The Morgan fingerprint density at radius 2 is 2.14 bits per heavy atom. The molecule has 22 heavy (non-hydrogen) atoms. The molecule has 2 aromatic rings. The minimum absolute atomic E-state index is 0.114. The molecule has 1 heterocycles. The van der Waals surface area contributed by atoms with Gasteiger partial charge in [-0.05, 0) is 20.0 Å². The molecule has 0 fully saturated rings. The van der Waals surface area contributed by atoms with Gasteiger partial charge in [-0.25, -0.2) is 9.78 Å². The summed E-state index contributed by atoms with van der Waals surface area (Å²) < 4.78 is 0. The topological polar surface area (TPSA) is 73.7 Å². The van der Waals surface area contributed by atoms with Gasteiger partial charge >= 0.3 is 5.97 Å². The van der Waals surface area contributed by atoms with Gasteiger partial charge in [0.05, 0.1) is 17.3 Å². The maximum atomic E-state index is 11.5. The van der Waals surface area contributed by atoms with Gasteiger partial charge in [0.1, 0.15) is 4.88 Å². The van der Waals surface area contributed by atoms with Crippen LogP contribution in [0, 0.1) is 6.92 Å². The first-order valence-electron chi connectivity index (χ1n) is 7.10. The van der Waals surface area contributed by atoms with Crippen LogP contribution in [0.1, 0.15) is 20.2 Å². The van der Waals surface area contributed by atoms with Crippen LogP contribution in [0.3, 0.4) is 0 Å². The highest BCUT2D eigenvalue weighted by Gasteiger charge is 2.19. The molecule has 0 unspecified atom stereocenters. The largest absolute Gasteiger partial charge is 0.477 e. The van der Waals surface area contributed by atoms with Gasteiger partial charge in [0.15, 0.2) is 0 Å². The number of aromatic carboxylic acids is 1. The molecule has 0 amide bonds. The van der Waals surface area contributed by atoms with Crippen molar-refractivity contribution in [1.29, 1.82) is 0 Å². The van der Waals surface area contributed by atoms with E-state index in [0.717, 1.165) is 22.7 Å². The predicted molar refractivity (Wildman–Crippen MR) is 87.5 cm³/mol. The van der Waals surface area contributed by atoms with Crippen LogP contribution in [0.15, 0.2) is 24.3 Å².